The molecule has 126 valence electrons. The molecule has 1 aromatic rings. The van der Waals surface area contributed by atoms with Crippen molar-refractivity contribution in [2.45, 2.75) is 57.6 Å². The first-order chi connectivity index (χ1) is 11.3. The van der Waals surface area contributed by atoms with E-state index in [1.165, 1.54) is 0 Å². The average molecular weight is 325 g/mol. The number of rotatable bonds is 1. The monoisotopic (exact) mass is 325 g/mol. The summed E-state index contributed by atoms with van der Waals surface area (Å²) >= 11 is 0. The number of nitrogens with zero attached hydrogens (tertiary/aromatic N) is 1. The van der Waals surface area contributed by atoms with Gasteiger partial charge in [0.15, 0.2) is 5.60 Å². The molecule has 1 amide bonds. The molecule has 1 saturated carbocycles. The van der Waals surface area contributed by atoms with Gasteiger partial charge in [-0.2, -0.15) is 0 Å². The Kier molecular flexibility index (Phi) is 3.11. The van der Waals surface area contributed by atoms with Crippen molar-refractivity contribution in [3.8, 4) is 0 Å². The summed E-state index contributed by atoms with van der Waals surface area (Å²) in [6.45, 7) is 5.98. The zero-order chi connectivity index (χ0) is 17.3. The summed E-state index contributed by atoms with van der Waals surface area (Å²) in [6.07, 6.45) is 4.82. The normalized spacial score (nSPS) is 31.1. The van der Waals surface area contributed by atoms with Crippen LogP contribution in [-0.4, -0.2) is 22.3 Å². The predicted octanol–water partition coefficient (Wildman–Crippen LogP) is 3.18. The van der Waals surface area contributed by atoms with E-state index in [0.29, 0.717) is 18.4 Å². The Hall–Kier alpha value is -1.94. The van der Waals surface area contributed by atoms with Gasteiger partial charge in [-0.25, -0.2) is 0 Å². The first-order valence-corrected chi connectivity index (χ1v) is 8.71. The van der Waals surface area contributed by atoms with Gasteiger partial charge in [0, 0.05) is 17.5 Å². The fourth-order valence-corrected chi connectivity index (χ4v) is 4.78. The first kappa shape index (κ1) is 15.6. The highest BCUT2D eigenvalue weighted by atomic mass is 16.3. The second kappa shape index (κ2) is 4.79. The number of benzene rings is 1. The van der Waals surface area contributed by atoms with Crippen LogP contribution in [0.4, 0.5) is 5.69 Å². The topological polar surface area (TPSA) is 57.6 Å². The zero-order valence-electron chi connectivity index (χ0n) is 14.4. The van der Waals surface area contributed by atoms with Crippen LogP contribution in [0.3, 0.4) is 0 Å². The minimum Gasteiger partial charge on any atom is -0.375 e. The van der Waals surface area contributed by atoms with Gasteiger partial charge in [0.1, 0.15) is 5.78 Å². The molecule has 1 fully saturated rings. The van der Waals surface area contributed by atoms with Crippen molar-refractivity contribution in [2.75, 3.05) is 4.90 Å². The van der Waals surface area contributed by atoms with E-state index in [0.717, 1.165) is 29.7 Å². The Balaban J connectivity index is 1.97. The van der Waals surface area contributed by atoms with Crippen LogP contribution >= 0.6 is 0 Å². The number of aliphatic hydroxyl groups is 1. The molecular weight excluding hydrogens is 302 g/mol. The Bertz CT molecular complexity index is 792. The van der Waals surface area contributed by atoms with Crippen molar-refractivity contribution in [1.29, 1.82) is 0 Å². The number of carbonyl (C=O) groups is 2. The number of amides is 1. The van der Waals surface area contributed by atoms with Crippen LogP contribution in [0.2, 0.25) is 0 Å². The van der Waals surface area contributed by atoms with E-state index in [1.54, 1.807) is 4.90 Å². The van der Waals surface area contributed by atoms with E-state index in [4.69, 9.17) is 0 Å². The van der Waals surface area contributed by atoms with Crippen LogP contribution < -0.4 is 4.90 Å². The number of hydrogen-bond acceptors (Lipinski definition) is 3. The van der Waals surface area contributed by atoms with Gasteiger partial charge in [0.25, 0.3) is 5.91 Å². The van der Waals surface area contributed by atoms with Crippen LogP contribution in [0.1, 0.15) is 57.6 Å². The van der Waals surface area contributed by atoms with E-state index >= 15 is 0 Å². The van der Waals surface area contributed by atoms with Gasteiger partial charge >= 0.3 is 0 Å². The fraction of sp³-hybridized carbons (Fsp3) is 0.500. The number of anilines is 1. The number of hydrogen-bond donors (Lipinski definition) is 1. The van der Waals surface area contributed by atoms with Crippen molar-refractivity contribution < 1.29 is 14.7 Å². The molecule has 24 heavy (non-hydrogen) atoms. The number of para-hydroxylation sites is 1. The molecule has 0 saturated heterocycles. The molecule has 2 unspecified atom stereocenters. The Morgan fingerprint density at radius 2 is 1.96 bits per heavy atom. The molecule has 4 heteroatoms. The molecule has 2 atom stereocenters. The third kappa shape index (κ3) is 1.78. The molecule has 1 N–H and O–H groups in total. The number of carbonyl (C=O) groups excluding carboxylic acids is 2. The van der Waals surface area contributed by atoms with Gasteiger partial charge in [0.2, 0.25) is 0 Å². The lowest BCUT2D eigenvalue weighted by molar-refractivity contribution is -0.152. The smallest absolute Gasteiger partial charge is 0.265 e. The van der Waals surface area contributed by atoms with Crippen molar-refractivity contribution in [3.05, 3.63) is 35.4 Å². The summed E-state index contributed by atoms with van der Waals surface area (Å²) in [5.41, 5.74) is 1.21. The predicted molar refractivity (Wildman–Crippen MR) is 92.5 cm³/mol. The molecule has 4 rings (SSSR count). The summed E-state index contributed by atoms with van der Waals surface area (Å²) < 4.78 is 0. The molecule has 2 aliphatic heterocycles. The molecule has 0 aromatic heterocycles. The quantitative estimate of drug-likeness (QED) is 0.863. The van der Waals surface area contributed by atoms with Gasteiger partial charge in [-0.3, -0.25) is 14.5 Å². The van der Waals surface area contributed by atoms with Crippen LogP contribution in [0.5, 0.6) is 0 Å². The molecule has 4 nitrogen and oxygen atoms in total. The summed E-state index contributed by atoms with van der Waals surface area (Å²) in [7, 11) is 0. The maximum absolute atomic E-state index is 13.4. The zero-order valence-corrected chi connectivity index (χ0v) is 14.4. The van der Waals surface area contributed by atoms with Crippen LogP contribution in [0.15, 0.2) is 24.3 Å². The van der Waals surface area contributed by atoms with Crippen molar-refractivity contribution in [2.24, 2.45) is 5.92 Å². The number of Topliss-reactive ketones (excluding diaryl/α,β-unsaturated/α-hetero) is 1. The highest BCUT2D eigenvalue weighted by Gasteiger charge is 2.60. The summed E-state index contributed by atoms with van der Waals surface area (Å²) in [5.74, 6) is -0.969. The Morgan fingerprint density at radius 1 is 1.21 bits per heavy atom. The molecule has 1 aliphatic carbocycles. The second-order valence-corrected chi connectivity index (χ2v) is 7.85. The largest absolute Gasteiger partial charge is 0.375 e. The Labute approximate surface area is 142 Å². The van der Waals surface area contributed by atoms with Crippen LogP contribution in [-0.2, 0) is 15.2 Å². The molecule has 3 aliphatic rings. The van der Waals surface area contributed by atoms with E-state index < -0.39 is 17.1 Å². The second-order valence-electron chi connectivity index (χ2n) is 7.85. The molecule has 1 aromatic carbocycles. The lowest BCUT2D eigenvalue weighted by Gasteiger charge is -2.40. The van der Waals surface area contributed by atoms with Gasteiger partial charge in [-0.05, 0) is 39.2 Å². The van der Waals surface area contributed by atoms with Crippen LogP contribution in [0, 0.1) is 5.92 Å². The minimum absolute atomic E-state index is 0.0111. The summed E-state index contributed by atoms with van der Waals surface area (Å²) in [6, 6.07) is 5.67. The maximum atomic E-state index is 13.4. The Morgan fingerprint density at radius 3 is 2.67 bits per heavy atom. The number of allylic oxidation sites excluding steroid dienone is 1. The summed E-state index contributed by atoms with van der Waals surface area (Å²) in [5, 5.41) is 11.5. The van der Waals surface area contributed by atoms with Gasteiger partial charge in [-0.1, -0.05) is 30.7 Å². The third-order valence-corrected chi connectivity index (χ3v) is 5.83. The van der Waals surface area contributed by atoms with Crippen molar-refractivity contribution in [1.82, 2.24) is 0 Å². The van der Waals surface area contributed by atoms with E-state index in [2.05, 4.69) is 6.08 Å². The molecule has 0 bridgehead atoms. The minimum atomic E-state index is -1.72. The molecule has 0 spiro atoms. The fourth-order valence-electron chi connectivity index (χ4n) is 4.78. The highest BCUT2D eigenvalue weighted by Crippen LogP contribution is 2.54. The standard InChI is InChI=1S/C20H23NO3/c1-12-11-19(2,3)21-17-13(12)7-6-9-15(17)20(24,18(21)23)14-8-4-5-10-16(14)22/h6-7,9,11,14,24H,4-5,8,10H2,1-3H3. The van der Waals surface area contributed by atoms with Gasteiger partial charge in [-0.15, -0.1) is 0 Å². The maximum Gasteiger partial charge on any atom is 0.265 e. The average Bonchev–Trinajstić information content (AvgIpc) is 2.76. The van der Waals surface area contributed by atoms with E-state index in [1.807, 2.05) is 39.0 Å². The van der Waals surface area contributed by atoms with E-state index in [9.17, 15) is 14.7 Å². The van der Waals surface area contributed by atoms with E-state index in [-0.39, 0.29) is 11.7 Å². The lowest BCUT2D eigenvalue weighted by atomic mass is 9.73. The van der Waals surface area contributed by atoms with Crippen molar-refractivity contribution in [3.63, 3.8) is 0 Å². The van der Waals surface area contributed by atoms with Gasteiger partial charge in [0.05, 0.1) is 17.1 Å². The number of ketones is 1. The van der Waals surface area contributed by atoms with Crippen LogP contribution in [0.25, 0.3) is 5.57 Å². The molecular formula is C20H23NO3. The SMILES string of the molecule is CC1=CC(C)(C)N2C(=O)C(O)(C3CCCCC3=O)c3cccc1c32. The summed E-state index contributed by atoms with van der Waals surface area (Å²) in [4.78, 5) is 27.6. The van der Waals surface area contributed by atoms with Gasteiger partial charge < -0.3 is 5.11 Å². The van der Waals surface area contributed by atoms with Crippen molar-refractivity contribution >= 4 is 23.0 Å². The lowest BCUT2D eigenvalue weighted by Crippen LogP contribution is -2.54. The molecule has 0 radical (unpaired) electrons. The highest BCUT2D eigenvalue weighted by molar-refractivity contribution is 6.13. The first-order valence-electron chi connectivity index (χ1n) is 8.71. The molecule has 2 heterocycles. The third-order valence-electron chi connectivity index (χ3n) is 5.83.